The second-order valence-electron chi connectivity index (χ2n) is 11.3. The van der Waals surface area contributed by atoms with Crippen molar-refractivity contribution in [3.63, 3.8) is 0 Å². The van der Waals surface area contributed by atoms with Crippen LogP contribution in [0, 0.1) is 12.7 Å². The smallest absolute Gasteiger partial charge is 0.264 e. The van der Waals surface area contributed by atoms with Gasteiger partial charge in [-0.05, 0) is 79.9 Å². The van der Waals surface area contributed by atoms with Gasteiger partial charge >= 0.3 is 0 Å². The molecule has 0 saturated heterocycles. The molecule has 0 radical (unpaired) electrons. The predicted octanol–water partition coefficient (Wildman–Crippen LogP) is 6.28. The van der Waals surface area contributed by atoms with E-state index in [1.807, 2.05) is 75.4 Å². The van der Waals surface area contributed by atoms with Crippen LogP contribution < -0.4 is 14.4 Å². The normalized spacial score (nSPS) is 11.8. The summed E-state index contributed by atoms with van der Waals surface area (Å²) in [5.41, 5.74) is 2.73. The first-order chi connectivity index (χ1) is 22.6. The van der Waals surface area contributed by atoms with Crippen molar-refractivity contribution < 1.29 is 27.1 Å². The molecule has 0 fully saturated rings. The number of halogens is 1. The standard InChI is InChI=1S/C37H42FN3O5S/c1-4-6-23-39-37(43)35(25-29-12-8-7-9-13-29)40(26-30-14-10-11-28(3)24-30)36(42)27-41(32-17-15-31(38)16-18-32)47(44,45)34-21-19-33(20-22-34)46-5-2/h7-22,24,35H,4-6,23,25-27H2,1-3H3,(H,39,43)/t35-/m0/s1. The lowest BCUT2D eigenvalue weighted by Gasteiger charge is -2.34. The Morgan fingerprint density at radius 3 is 2.19 bits per heavy atom. The molecule has 0 aliphatic rings. The van der Waals surface area contributed by atoms with Gasteiger partial charge in [-0.25, -0.2) is 12.8 Å². The Labute approximate surface area is 277 Å². The molecular formula is C37H42FN3O5S. The first kappa shape index (κ1) is 35.2. The van der Waals surface area contributed by atoms with Gasteiger partial charge in [0.05, 0.1) is 17.2 Å². The minimum atomic E-state index is -4.32. The summed E-state index contributed by atoms with van der Waals surface area (Å²) in [5.74, 6) is -0.966. The molecule has 1 atom stereocenters. The monoisotopic (exact) mass is 659 g/mol. The number of unbranched alkanes of at least 4 members (excludes halogenated alkanes) is 1. The minimum Gasteiger partial charge on any atom is -0.494 e. The van der Waals surface area contributed by atoms with Gasteiger partial charge in [-0.1, -0.05) is 73.5 Å². The van der Waals surface area contributed by atoms with Gasteiger partial charge in [0.2, 0.25) is 11.8 Å². The van der Waals surface area contributed by atoms with E-state index in [0.29, 0.717) is 18.9 Å². The molecule has 10 heteroatoms. The van der Waals surface area contributed by atoms with E-state index in [9.17, 15) is 22.4 Å². The van der Waals surface area contributed by atoms with Crippen molar-refractivity contribution in [2.45, 2.75) is 57.5 Å². The number of carbonyl (C=O) groups excluding carboxylic acids is 2. The molecule has 0 unspecified atom stereocenters. The maximum atomic E-state index is 14.5. The molecule has 0 spiro atoms. The highest BCUT2D eigenvalue weighted by molar-refractivity contribution is 7.92. The summed E-state index contributed by atoms with van der Waals surface area (Å²) in [6.07, 6.45) is 1.87. The maximum absolute atomic E-state index is 14.5. The number of ether oxygens (including phenoxy) is 1. The Morgan fingerprint density at radius 1 is 0.872 bits per heavy atom. The van der Waals surface area contributed by atoms with Crippen molar-refractivity contribution >= 4 is 27.5 Å². The topological polar surface area (TPSA) is 96.0 Å². The van der Waals surface area contributed by atoms with Crippen LogP contribution in [0.3, 0.4) is 0 Å². The summed E-state index contributed by atoms with van der Waals surface area (Å²) in [7, 11) is -4.32. The van der Waals surface area contributed by atoms with Crippen LogP contribution in [0.1, 0.15) is 43.4 Å². The maximum Gasteiger partial charge on any atom is 0.264 e. The third kappa shape index (κ3) is 9.65. The molecule has 4 aromatic carbocycles. The summed E-state index contributed by atoms with van der Waals surface area (Å²) in [6.45, 7) is 6.09. The number of benzene rings is 4. The molecule has 2 amide bonds. The van der Waals surface area contributed by atoms with E-state index in [4.69, 9.17) is 4.74 Å². The molecule has 4 rings (SSSR count). The second kappa shape index (κ2) is 16.7. The van der Waals surface area contributed by atoms with Crippen molar-refractivity contribution in [2.24, 2.45) is 0 Å². The molecular weight excluding hydrogens is 617 g/mol. The van der Waals surface area contributed by atoms with Crippen LogP contribution in [-0.4, -0.2) is 50.9 Å². The molecule has 0 heterocycles. The summed E-state index contributed by atoms with van der Waals surface area (Å²) in [5, 5.41) is 2.98. The first-order valence-electron chi connectivity index (χ1n) is 15.8. The van der Waals surface area contributed by atoms with Crippen molar-refractivity contribution in [3.05, 3.63) is 126 Å². The predicted molar refractivity (Wildman–Crippen MR) is 182 cm³/mol. The van der Waals surface area contributed by atoms with Crippen LogP contribution in [-0.2, 0) is 32.6 Å². The number of nitrogens with one attached hydrogen (secondary N) is 1. The van der Waals surface area contributed by atoms with E-state index in [1.54, 1.807) is 12.1 Å². The molecule has 0 bridgehead atoms. The number of sulfonamides is 1. The molecule has 4 aromatic rings. The van der Waals surface area contributed by atoms with E-state index in [1.165, 1.54) is 29.2 Å². The Kier molecular flexibility index (Phi) is 12.5. The highest BCUT2D eigenvalue weighted by Gasteiger charge is 2.34. The molecule has 0 aliphatic carbocycles. The van der Waals surface area contributed by atoms with Crippen LogP contribution in [0.2, 0.25) is 0 Å². The van der Waals surface area contributed by atoms with Crippen molar-refractivity contribution in [2.75, 3.05) is 24.0 Å². The molecule has 0 aromatic heterocycles. The number of anilines is 1. The summed E-state index contributed by atoms with van der Waals surface area (Å²) >= 11 is 0. The van der Waals surface area contributed by atoms with E-state index >= 15 is 0 Å². The number of hydrogen-bond donors (Lipinski definition) is 1. The van der Waals surface area contributed by atoms with Gasteiger partial charge < -0.3 is 15.0 Å². The van der Waals surface area contributed by atoms with Gasteiger partial charge in [-0.15, -0.1) is 0 Å². The van der Waals surface area contributed by atoms with E-state index in [2.05, 4.69) is 5.32 Å². The van der Waals surface area contributed by atoms with Crippen molar-refractivity contribution in [3.8, 4) is 5.75 Å². The summed E-state index contributed by atoms with van der Waals surface area (Å²) in [4.78, 5) is 29.7. The highest BCUT2D eigenvalue weighted by atomic mass is 32.2. The fourth-order valence-corrected chi connectivity index (χ4v) is 6.62. The number of rotatable bonds is 16. The lowest BCUT2D eigenvalue weighted by molar-refractivity contribution is -0.140. The molecule has 8 nitrogen and oxygen atoms in total. The fourth-order valence-electron chi connectivity index (χ4n) is 5.21. The number of aryl methyl sites for hydroxylation is 1. The van der Waals surface area contributed by atoms with Crippen molar-refractivity contribution in [1.82, 2.24) is 10.2 Å². The molecule has 47 heavy (non-hydrogen) atoms. The van der Waals surface area contributed by atoms with E-state index in [0.717, 1.165) is 46.0 Å². The molecule has 0 aliphatic heterocycles. The number of carbonyl (C=O) groups is 2. The van der Waals surface area contributed by atoms with Gasteiger partial charge in [0.1, 0.15) is 24.2 Å². The number of hydrogen-bond acceptors (Lipinski definition) is 5. The molecule has 1 N–H and O–H groups in total. The number of amides is 2. The molecule has 248 valence electrons. The largest absolute Gasteiger partial charge is 0.494 e. The lowest BCUT2D eigenvalue weighted by Crippen LogP contribution is -2.53. The first-order valence-corrected chi connectivity index (χ1v) is 17.2. The average Bonchev–Trinajstić information content (AvgIpc) is 3.06. The fraction of sp³-hybridized carbons (Fsp3) is 0.297. The van der Waals surface area contributed by atoms with Crippen LogP contribution in [0.4, 0.5) is 10.1 Å². The zero-order valence-electron chi connectivity index (χ0n) is 27.1. The van der Waals surface area contributed by atoms with Crippen molar-refractivity contribution in [1.29, 1.82) is 0 Å². The lowest BCUT2D eigenvalue weighted by atomic mass is 10.0. The quantitative estimate of drug-likeness (QED) is 0.143. The van der Waals surface area contributed by atoms with E-state index < -0.39 is 34.3 Å². The third-order valence-electron chi connectivity index (χ3n) is 7.65. The Bertz CT molecular complexity index is 1720. The van der Waals surface area contributed by atoms with Gasteiger partial charge in [-0.2, -0.15) is 0 Å². The second-order valence-corrected chi connectivity index (χ2v) is 13.1. The minimum absolute atomic E-state index is 0.0681. The third-order valence-corrected chi connectivity index (χ3v) is 9.44. The highest BCUT2D eigenvalue weighted by Crippen LogP contribution is 2.27. The van der Waals surface area contributed by atoms with Crippen LogP contribution in [0.5, 0.6) is 5.75 Å². The average molecular weight is 660 g/mol. The number of nitrogens with zero attached hydrogens (tertiary/aromatic N) is 2. The Balaban J connectivity index is 1.78. The van der Waals surface area contributed by atoms with Crippen LogP contribution in [0.25, 0.3) is 0 Å². The van der Waals surface area contributed by atoms with Gasteiger partial charge in [-0.3, -0.25) is 13.9 Å². The Hall–Kier alpha value is -4.70. The Morgan fingerprint density at radius 2 is 1.55 bits per heavy atom. The summed E-state index contributed by atoms with van der Waals surface area (Å²) in [6, 6.07) is 26.9. The SMILES string of the molecule is CCCCNC(=O)[C@H](Cc1ccccc1)N(Cc1cccc(C)c1)C(=O)CN(c1ccc(F)cc1)S(=O)(=O)c1ccc(OCC)cc1. The zero-order valence-corrected chi connectivity index (χ0v) is 27.9. The van der Waals surface area contributed by atoms with E-state index in [-0.39, 0.29) is 29.5 Å². The molecule has 0 saturated carbocycles. The zero-order chi connectivity index (χ0) is 33.8. The van der Waals surface area contributed by atoms with Gasteiger partial charge in [0.15, 0.2) is 0 Å². The van der Waals surface area contributed by atoms with Crippen LogP contribution >= 0.6 is 0 Å². The summed E-state index contributed by atoms with van der Waals surface area (Å²) < 4.78 is 48.7. The van der Waals surface area contributed by atoms with Crippen LogP contribution in [0.15, 0.2) is 108 Å². The van der Waals surface area contributed by atoms with Gasteiger partial charge in [0.25, 0.3) is 10.0 Å². The van der Waals surface area contributed by atoms with Gasteiger partial charge in [0, 0.05) is 19.5 Å².